The largest absolute Gasteiger partial charge is 0.363 e. The molecule has 0 heterocycles. The Hall–Kier alpha value is -0.950. The Bertz CT molecular complexity index is 247. The standard InChI is InChI=1S/C4H5F2NO3S/c5-1-3-7(4-2-6)11(8,9)10/h1-4H,(H,8,9,10). The molecule has 0 atom stereocenters. The van der Waals surface area contributed by atoms with Crippen LogP contribution in [0.25, 0.3) is 0 Å². The van der Waals surface area contributed by atoms with Gasteiger partial charge in [0, 0.05) is 0 Å². The third-order valence-corrected chi connectivity index (χ3v) is 1.45. The zero-order valence-electron chi connectivity index (χ0n) is 5.18. The molecule has 7 heteroatoms. The molecule has 4 nitrogen and oxygen atoms in total. The lowest BCUT2D eigenvalue weighted by Crippen LogP contribution is -2.18. The molecular formula is C4H5F2NO3S. The van der Waals surface area contributed by atoms with Gasteiger partial charge in [0.1, 0.15) is 12.7 Å². The highest BCUT2D eigenvalue weighted by atomic mass is 32.2. The molecule has 0 aliphatic heterocycles. The fourth-order valence-electron chi connectivity index (χ4n) is 0.315. The molecule has 0 amide bonds. The summed E-state index contributed by atoms with van der Waals surface area (Å²) in [7, 11) is -4.61. The van der Waals surface area contributed by atoms with Crippen molar-refractivity contribution in [3.63, 3.8) is 0 Å². The van der Waals surface area contributed by atoms with Crippen LogP contribution < -0.4 is 0 Å². The van der Waals surface area contributed by atoms with Crippen LogP contribution in [-0.4, -0.2) is 17.3 Å². The summed E-state index contributed by atoms with van der Waals surface area (Å²) in [6, 6.07) is 0. The van der Waals surface area contributed by atoms with Gasteiger partial charge in [-0.05, 0) is 0 Å². The first-order chi connectivity index (χ1) is 5.02. The van der Waals surface area contributed by atoms with E-state index < -0.39 is 10.3 Å². The second-order valence-corrected chi connectivity index (χ2v) is 2.68. The molecule has 11 heavy (non-hydrogen) atoms. The number of hydrogen-bond donors (Lipinski definition) is 1. The highest BCUT2D eigenvalue weighted by Crippen LogP contribution is 1.99. The molecule has 0 aromatic rings. The van der Waals surface area contributed by atoms with Crippen LogP contribution in [0.5, 0.6) is 0 Å². The Morgan fingerprint density at radius 3 is 1.73 bits per heavy atom. The van der Waals surface area contributed by atoms with Crippen LogP contribution in [0.2, 0.25) is 0 Å². The summed E-state index contributed by atoms with van der Waals surface area (Å²) in [6.45, 7) is 0. The van der Waals surface area contributed by atoms with Crippen LogP contribution in [0.1, 0.15) is 0 Å². The fourth-order valence-corrected chi connectivity index (χ4v) is 0.714. The van der Waals surface area contributed by atoms with Gasteiger partial charge in [0.05, 0.1) is 12.4 Å². The first kappa shape index (κ1) is 10.0. The van der Waals surface area contributed by atoms with Gasteiger partial charge in [0.15, 0.2) is 0 Å². The van der Waals surface area contributed by atoms with E-state index in [4.69, 9.17) is 4.55 Å². The maximum Gasteiger partial charge on any atom is 0.363 e. The average molecular weight is 185 g/mol. The second-order valence-electron chi connectivity index (χ2n) is 1.36. The van der Waals surface area contributed by atoms with E-state index in [2.05, 4.69) is 0 Å². The number of rotatable bonds is 3. The molecule has 0 fully saturated rings. The Morgan fingerprint density at radius 1 is 1.18 bits per heavy atom. The van der Waals surface area contributed by atoms with Crippen LogP contribution in [-0.2, 0) is 10.3 Å². The van der Waals surface area contributed by atoms with Crippen LogP contribution in [0, 0.1) is 0 Å². The third kappa shape index (κ3) is 3.68. The van der Waals surface area contributed by atoms with Crippen molar-refractivity contribution < 1.29 is 21.8 Å². The third-order valence-electron chi connectivity index (χ3n) is 0.673. The SMILES string of the molecule is O=S(=O)(O)N(C=CF)C=CF. The molecule has 0 saturated carbocycles. The molecule has 0 aromatic carbocycles. The zero-order chi connectivity index (χ0) is 8.91. The smallest absolute Gasteiger partial charge is 0.269 e. The van der Waals surface area contributed by atoms with Gasteiger partial charge >= 0.3 is 10.3 Å². The van der Waals surface area contributed by atoms with E-state index in [0.717, 1.165) is 0 Å². The van der Waals surface area contributed by atoms with Crippen LogP contribution in [0.15, 0.2) is 25.1 Å². The van der Waals surface area contributed by atoms with Gasteiger partial charge in [-0.25, -0.2) is 13.1 Å². The fraction of sp³-hybridized carbons (Fsp3) is 0. The van der Waals surface area contributed by atoms with E-state index in [9.17, 15) is 17.2 Å². The molecule has 1 N–H and O–H groups in total. The topological polar surface area (TPSA) is 57.6 Å². The van der Waals surface area contributed by atoms with Crippen molar-refractivity contribution >= 4 is 10.3 Å². The molecule has 64 valence electrons. The Balaban J connectivity index is 4.62. The molecule has 0 rings (SSSR count). The minimum atomic E-state index is -4.61. The summed E-state index contributed by atoms with van der Waals surface area (Å²) in [5.74, 6) is 0. The molecule has 0 aliphatic rings. The molecule has 0 bridgehead atoms. The number of halogens is 2. The van der Waals surface area contributed by atoms with E-state index in [-0.39, 0.29) is 17.0 Å². The summed E-state index contributed by atoms with van der Waals surface area (Å²) >= 11 is 0. The first-order valence-electron chi connectivity index (χ1n) is 2.32. The van der Waals surface area contributed by atoms with Gasteiger partial charge in [0.2, 0.25) is 0 Å². The molecule has 0 aliphatic carbocycles. The molecule has 0 saturated heterocycles. The minimum Gasteiger partial charge on any atom is -0.269 e. The number of hydrogen-bond acceptors (Lipinski definition) is 2. The Morgan fingerprint density at radius 2 is 1.55 bits per heavy atom. The molecule has 0 unspecified atom stereocenters. The summed E-state index contributed by atoms with van der Waals surface area (Å²) in [5.41, 5.74) is 0. The highest BCUT2D eigenvalue weighted by Gasteiger charge is 2.10. The van der Waals surface area contributed by atoms with E-state index in [1.54, 1.807) is 0 Å². The van der Waals surface area contributed by atoms with Crippen LogP contribution in [0.4, 0.5) is 8.78 Å². The predicted octanol–water partition coefficient (Wildman–Crippen LogP) is 0.973. The molecular weight excluding hydrogens is 180 g/mol. The molecule has 0 spiro atoms. The van der Waals surface area contributed by atoms with Gasteiger partial charge in [0.25, 0.3) is 0 Å². The normalized spacial score (nSPS) is 13.0. The van der Waals surface area contributed by atoms with Crippen molar-refractivity contribution in [1.29, 1.82) is 0 Å². The predicted molar refractivity (Wildman–Crippen MR) is 33.9 cm³/mol. The van der Waals surface area contributed by atoms with Crippen molar-refractivity contribution in [2.45, 2.75) is 0 Å². The zero-order valence-corrected chi connectivity index (χ0v) is 6.00. The highest BCUT2D eigenvalue weighted by molar-refractivity contribution is 7.83. The molecule has 0 radical (unpaired) electrons. The second kappa shape index (κ2) is 4.04. The van der Waals surface area contributed by atoms with Gasteiger partial charge in [-0.15, -0.1) is 0 Å². The van der Waals surface area contributed by atoms with Gasteiger partial charge in [-0.2, -0.15) is 8.42 Å². The van der Waals surface area contributed by atoms with E-state index in [1.165, 1.54) is 0 Å². The van der Waals surface area contributed by atoms with Crippen LogP contribution in [0.3, 0.4) is 0 Å². The maximum absolute atomic E-state index is 11.3. The lowest BCUT2D eigenvalue weighted by molar-refractivity contribution is 0.435. The van der Waals surface area contributed by atoms with Crippen molar-refractivity contribution in [2.24, 2.45) is 0 Å². The average Bonchev–Trinajstić information content (AvgIpc) is 1.85. The van der Waals surface area contributed by atoms with E-state index in [0.29, 0.717) is 12.4 Å². The lowest BCUT2D eigenvalue weighted by atomic mass is 10.9. The summed E-state index contributed by atoms with van der Waals surface area (Å²) in [4.78, 5) is 0. The molecule has 0 aromatic heterocycles. The quantitative estimate of drug-likeness (QED) is 0.666. The van der Waals surface area contributed by atoms with Crippen molar-refractivity contribution in [1.82, 2.24) is 4.31 Å². The van der Waals surface area contributed by atoms with Crippen LogP contribution >= 0.6 is 0 Å². The summed E-state index contributed by atoms with van der Waals surface area (Å²) < 4.78 is 51.2. The van der Waals surface area contributed by atoms with E-state index in [1.807, 2.05) is 0 Å². The Kier molecular flexibility index (Phi) is 3.69. The van der Waals surface area contributed by atoms with Gasteiger partial charge < -0.3 is 0 Å². The van der Waals surface area contributed by atoms with Crippen molar-refractivity contribution in [3.05, 3.63) is 25.1 Å². The number of nitrogens with zero attached hydrogens (tertiary/aromatic N) is 1. The lowest BCUT2D eigenvalue weighted by Gasteiger charge is -2.07. The minimum absolute atomic E-state index is 0.0347. The Labute approximate surface area is 62.3 Å². The van der Waals surface area contributed by atoms with Crippen molar-refractivity contribution in [2.75, 3.05) is 0 Å². The maximum atomic E-state index is 11.3. The van der Waals surface area contributed by atoms with Gasteiger partial charge in [-0.3, -0.25) is 4.55 Å². The monoisotopic (exact) mass is 185 g/mol. The summed E-state index contributed by atoms with van der Waals surface area (Å²) in [6.07, 6.45) is 0.359. The van der Waals surface area contributed by atoms with Crippen molar-refractivity contribution in [3.8, 4) is 0 Å². The van der Waals surface area contributed by atoms with Gasteiger partial charge in [-0.1, -0.05) is 0 Å². The summed E-state index contributed by atoms with van der Waals surface area (Å²) in [5, 5.41) is 0. The van der Waals surface area contributed by atoms with E-state index >= 15 is 0 Å². The first-order valence-corrected chi connectivity index (χ1v) is 3.71.